The number of amides is 1. The van der Waals surface area contributed by atoms with Crippen molar-refractivity contribution in [2.24, 2.45) is 0 Å². The standard InChI is InChI=1S/C12H13N3O5/c1-15(7-11(17)18)10(16)5-4-9-13-12(14-20-9)8-3-2-6-19-8/h2-3,6H,4-5,7H2,1H3,(H,17,18). The van der Waals surface area contributed by atoms with Gasteiger partial charge in [0.1, 0.15) is 6.54 Å². The van der Waals surface area contributed by atoms with Crippen LogP contribution in [0.15, 0.2) is 27.3 Å². The fourth-order valence-corrected chi connectivity index (χ4v) is 1.56. The molecule has 0 radical (unpaired) electrons. The van der Waals surface area contributed by atoms with Gasteiger partial charge in [0.2, 0.25) is 17.6 Å². The number of rotatable bonds is 6. The number of hydrogen-bond donors (Lipinski definition) is 1. The summed E-state index contributed by atoms with van der Waals surface area (Å²) in [5.41, 5.74) is 0. The predicted molar refractivity (Wildman–Crippen MR) is 65.6 cm³/mol. The third kappa shape index (κ3) is 3.44. The van der Waals surface area contributed by atoms with Crippen molar-refractivity contribution in [3.63, 3.8) is 0 Å². The average molecular weight is 279 g/mol. The molecule has 106 valence electrons. The van der Waals surface area contributed by atoms with Gasteiger partial charge in [-0.3, -0.25) is 9.59 Å². The Morgan fingerprint density at radius 2 is 2.25 bits per heavy atom. The fraction of sp³-hybridized carbons (Fsp3) is 0.333. The highest BCUT2D eigenvalue weighted by molar-refractivity contribution is 5.81. The highest BCUT2D eigenvalue weighted by Gasteiger charge is 2.15. The molecule has 2 rings (SSSR count). The highest BCUT2D eigenvalue weighted by Crippen LogP contribution is 2.16. The number of aromatic nitrogens is 2. The van der Waals surface area contributed by atoms with Gasteiger partial charge in [-0.2, -0.15) is 4.98 Å². The predicted octanol–water partition coefficient (Wildman–Crippen LogP) is 0.805. The van der Waals surface area contributed by atoms with Crippen LogP contribution < -0.4 is 0 Å². The van der Waals surface area contributed by atoms with Crippen molar-refractivity contribution in [2.75, 3.05) is 13.6 Å². The van der Waals surface area contributed by atoms with Crippen LogP contribution in [0, 0.1) is 0 Å². The Kier molecular flexibility index (Phi) is 4.14. The molecular formula is C12H13N3O5. The van der Waals surface area contributed by atoms with Gasteiger partial charge in [0.25, 0.3) is 0 Å². The van der Waals surface area contributed by atoms with Gasteiger partial charge in [0.05, 0.1) is 6.26 Å². The third-order valence-corrected chi connectivity index (χ3v) is 2.56. The van der Waals surface area contributed by atoms with E-state index in [1.54, 1.807) is 12.1 Å². The normalized spacial score (nSPS) is 10.4. The van der Waals surface area contributed by atoms with Gasteiger partial charge in [-0.15, -0.1) is 0 Å². The van der Waals surface area contributed by atoms with E-state index in [0.717, 1.165) is 4.90 Å². The molecule has 1 N–H and O–H groups in total. The number of carbonyl (C=O) groups is 2. The number of furan rings is 1. The fourth-order valence-electron chi connectivity index (χ4n) is 1.56. The number of carboxylic acids is 1. The Hall–Kier alpha value is -2.64. The highest BCUT2D eigenvalue weighted by atomic mass is 16.5. The van der Waals surface area contributed by atoms with Crippen LogP contribution in [0.1, 0.15) is 12.3 Å². The van der Waals surface area contributed by atoms with Crippen LogP contribution in [0.3, 0.4) is 0 Å². The second kappa shape index (κ2) is 6.00. The van der Waals surface area contributed by atoms with E-state index < -0.39 is 5.97 Å². The van der Waals surface area contributed by atoms with Crippen LogP contribution >= 0.6 is 0 Å². The van der Waals surface area contributed by atoms with Gasteiger partial charge in [0.15, 0.2) is 5.76 Å². The number of nitrogens with zero attached hydrogens (tertiary/aromatic N) is 3. The van der Waals surface area contributed by atoms with Crippen molar-refractivity contribution in [3.8, 4) is 11.6 Å². The Bertz CT molecular complexity index is 590. The number of aryl methyl sites for hydroxylation is 1. The van der Waals surface area contributed by atoms with Gasteiger partial charge in [-0.25, -0.2) is 0 Å². The molecule has 0 atom stereocenters. The second-order valence-corrected chi connectivity index (χ2v) is 4.13. The molecule has 1 amide bonds. The van der Waals surface area contributed by atoms with Crippen LogP contribution in [0.4, 0.5) is 0 Å². The van der Waals surface area contributed by atoms with E-state index in [4.69, 9.17) is 14.0 Å². The molecule has 0 unspecified atom stereocenters. The zero-order valence-electron chi connectivity index (χ0n) is 10.8. The van der Waals surface area contributed by atoms with Crippen molar-refractivity contribution in [2.45, 2.75) is 12.8 Å². The number of hydrogen-bond acceptors (Lipinski definition) is 6. The van der Waals surface area contributed by atoms with Gasteiger partial charge < -0.3 is 18.9 Å². The first-order valence-electron chi connectivity index (χ1n) is 5.88. The van der Waals surface area contributed by atoms with Crippen molar-refractivity contribution >= 4 is 11.9 Å². The minimum Gasteiger partial charge on any atom is -0.480 e. The zero-order chi connectivity index (χ0) is 14.5. The summed E-state index contributed by atoms with van der Waals surface area (Å²) in [5.74, 6) is -0.261. The van der Waals surface area contributed by atoms with Gasteiger partial charge in [0, 0.05) is 19.9 Å². The molecule has 2 heterocycles. The van der Waals surface area contributed by atoms with E-state index in [0.29, 0.717) is 17.5 Å². The number of aliphatic carboxylic acids is 1. The summed E-state index contributed by atoms with van der Waals surface area (Å²) in [6, 6.07) is 3.40. The lowest BCUT2D eigenvalue weighted by molar-refractivity contribution is -0.143. The van der Waals surface area contributed by atoms with Gasteiger partial charge in [-0.05, 0) is 12.1 Å². The van der Waals surface area contributed by atoms with Crippen LogP contribution in [-0.4, -0.2) is 45.6 Å². The van der Waals surface area contributed by atoms with Crippen LogP contribution in [-0.2, 0) is 16.0 Å². The summed E-state index contributed by atoms with van der Waals surface area (Å²) in [5, 5.41) is 12.3. The average Bonchev–Trinajstić information content (AvgIpc) is 3.05. The quantitative estimate of drug-likeness (QED) is 0.832. The summed E-state index contributed by atoms with van der Waals surface area (Å²) in [6.45, 7) is -0.333. The number of likely N-dealkylation sites (N-methyl/N-ethyl adjacent to an activating group) is 1. The molecule has 0 aliphatic rings. The Labute approximate surface area is 114 Å². The molecule has 8 heteroatoms. The Morgan fingerprint density at radius 1 is 1.45 bits per heavy atom. The van der Waals surface area contributed by atoms with E-state index >= 15 is 0 Å². The molecular weight excluding hydrogens is 266 g/mol. The second-order valence-electron chi connectivity index (χ2n) is 4.13. The van der Waals surface area contributed by atoms with Crippen molar-refractivity contribution < 1.29 is 23.6 Å². The molecule has 0 aliphatic carbocycles. The van der Waals surface area contributed by atoms with E-state index in [1.807, 2.05) is 0 Å². The SMILES string of the molecule is CN(CC(=O)O)C(=O)CCc1nc(-c2ccco2)no1. The lowest BCUT2D eigenvalue weighted by atomic mass is 10.3. The van der Waals surface area contributed by atoms with E-state index in [-0.39, 0.29) is 25.3 Å². The van der Waals surface area contributed by atoms with E-state index in [9.17, 15) is 9.59 Å². The molecule has 0 aliphatic heterocycles. The molecule has 0 fully saturated rings. The summed E-state index contributed by atoms with van der Waals surface area (Å²) < 4.78 is 10.1. The molecule has 0 bridgehead atoms. The maximum Gasteiger partial charge on any atom is 0.323 e. The van der Waals surface area contributed by atoms with E-state index in [1.165, 1.54) is 13.3 Å². The number of carbonyl (C=O) groups excluding carboxylic acids is 1. The van der Waals surface area contributed by atoms with Crippen LogP contribution in [0.5, 0.6) is 0 Å². The first-order chi connectivity index (χ1) is 9.56. The molecule has 2 aromatic rings. The van der Waals surface area contributed by atoms with E-state index in [2.05, 4.69) is 10.1 Å². The Balaban J connectivity index is 1.88. The smallest absolute Gasteiger partial charge is 0.323 e. The largest absolute Gasteiger partial charge is 0.480 e. The first-order valence-corrected chi connectivity index (χ1v) is 5.88. The summed E-state index contributed by atoms with van der Waals surface area (Å²) in [7, 11) is 1.43. The molecule has 2 aromatic heterocycles. The lowest BCUT2D eigenvalue weighted by Gasteiger charge is -2.13. The van der Waals surface area contributed by atoms with Crippen LogP contribution in [0.25, 0.3) is 11.6 Å². The zero-order valence-corrected chi connectivity index (χ0v) is 10.8. The molecule has 0 saturated carbocycles. The molecule has 0 spiro atoms. The van der Waals surface area contributed by atoms with Gasteiger partial charge in [-0.1, -0.05) is 5.16 Å². The van der Waals surface area contributed by atoms with Crippen molar-refractivity contribution in [3.05, 3.63) is 24.3 Å². The minimum atomic E-state index is -1.06. The molecule has 0 aromatic carbocycles. The van der Waals surface area contributed by atoms with Crippen molar-refractivity contribution in [1.29, 1.82) is 0 Å². The van der Waals surface area contributed by atoms with Crippen molar-refractivity contribution in [1.82, 2.24) is 15.0 Å². The maximum atomic E-state index is 11.6. The third-order valence-electron chi connectivity index (χ3n) is 2.56. The van der Waals surface area contributed by atoms with Gasteiger partial charge >= 0.3 is 5.97 Å². The topological polar surface area (TPSA) is 110 Å². The molecule has 20 heavy (non-hydrogen) atoms. The lowest BCUT2D eigenvalue weighted by Crippen LogP contribution is -2.32. The minimum absolute atomic E-state index is 0.101. The summed E-state index contributed by atoms with van der Waals surface area (Å²) in [4.78, 5) is 27.3. The monoisotopic (exact) mass is 279 g/mol. The summed E-state index contributed by atoms with van der Waals surface area (Å²) in [6.07, 6.45) is 1.84. The Morgan fingerprint density at radius 3 is 2.90 bits per heavy atom. The number of carboxylic acid groups (broad SMARTS) is 1. The molecule has 0 saturated heterocycles. The first kappa shape index (κ1) is 13.8. The van der Waals surface area contributed by atoms with Crippen LogP contribution in [0.2, 0.25) is 0 Å². The summed E-state index contributed by atoms with van der Waals surface area (Å²) >= 11 is 0. The maximum absolute atomic E-state index is 11.6. The molecule has 8 nitrogen and oxygen atoms in total.